The topological polar surface area (TPSA) is 75.4 Å². The SMILES string of the molecule is Cc1ccc(/C=C2\CCCN(Cc3ccc(C(=O)Nc4ccc(F)cc4N)cc3)C2=O)cc1. The Morgan fingerprint density at radius 3 is 2.52 bits per heavy atom. The second kappa shape index (κ2) is 9.69. The first-order valence-electron chi connectivity index (χ1n) is 10.9. The van der Waals surface area contributed by atoms with Crippen molar-refractivity contribution in [2.24, 2.45) is 0 Å². The maximum Gasteiger partial charge on any atom is 0.255 e. The van der Waals surface area contributed by atoms with E-state index in [2.05, 4.69) is 5.32 Å². The molecule has 0 atom stereocenters. The number of rotatable bonds is 5. The zero-order valence-corrected chi connectivity index (χ0v) is 18.5. The second-order valence-electron chi connectivity index (χ2n) is 8.29. The summed E-state index contributed by atoms with van der Waals surface area (Å²) in [5.41, 5.74) is 10.7. The van der Waals surface area contributed by atoms with Gasteiger partial charge in [-0.15, -0.1) is 0 Å². The van der Waals surface area contributed by atoms with Crippen LogP contribution in [-0.4, -0.2) is 23.3 Å². The minimum Gasteiger partial charge on any atom is -0.397 e. The van der Waals surface area contributed by atoms with Gasteiger partial charge in [0.15, 0.2) is 0 Å². The maximum atomic E-state index is 13.2. The van der Waals surface area contributed by atoms with Gasteiger partial charge in [-0.1, -0.05) is 42.0 Å². The lowest BCUT2D eigenvalue weighted by atomic mass is 9.99. The van der Waals surface area contributed by atoms with E-state index in [1.807, 2.05) is 54.3 Å². The average Bonchev–Trinajstić information content (AvgIpc) is 2.80. The molecule has 0 unspecified atom stereocenters. The molecule has 3 aromatic rings. The Morgan fingerprint density at radius 1 is 1.09 bits per heavy atom. The normalized spacial score (nSPS) is 15.0. The highest BCUT2D eigenvalue weighted by atomic mass is 19.1. The molecule has 0 radical (unpaired) electrons. The predicted octanol–water partition coefficient (Wildman–Crippen LogP) is 5.17. The molecule has 3 aromatic carbocycles. The van der Waals surface area contributed by atoms with Crippen molar-refractivity contribution >= 4 is 29.3 Å². The maximum absolute atomic E-state index is 13.2. The zero-order valence-electron chi connectivity index (χ0n) is 18.5. The number of carbonyl (C=O) groups excluding carboxylic acids is 2. The van der Waals surface area contributed by atoms with Gasteiger partial charge in [-0.2, -0.15) is 0 Å². The van der Waals surface area contributed by atoms with E-state index < -0.39 is 5.82 Å². The van der Waals surface area contributed by atoms with Crippen molar-refractivity contribution in [3.8, 4) is 0 Å². The molecule has 1 heterocycles. The molecule has 1 fully saturated rings. The van der Waals surface area contributed by atoms with Gasteiger partial charge in [0.2, 0.25) is 5.91 Å². The highest BCUT2D eigenvalue weighted by molar-refractivity contribution is 6.05. The molecule has 33 heavy (non-hydrogen) atoms. The van der Waals surface area contributed by atoms with Crippen molar-refractivity contribution in [3.63, 3.8) is 0 Å². The Morgan fingerprint density at radius 2 is 1.82 bits per heavy atom. The molecule has 1 saturated heterocycles. The largest absolute Gasteiger partial charge is 0.397 e. The molecule has 3 N–H and O–H groups in total. The van der Waals surface area contributed by atoms with Crippen LogP contribution in [0.15, 0.2) is 72.3 Å². The predicted molar refractivity (Wildman–Crippen MR) is 129 cm³/mol. The number of aryl methyl sites for hydroxylation is 1. The van der Waals surface area contributed by atoms with Gasteiger partial charge in [-0.25, -0.2) is 4.39 Å². The van der Waals surface area contributed by atoms with Crippen molar-refractivity contribution in [1.29, 1.82) is 0 Å². The lowest BCUT2D eigenvalue weighted by Crippen LogP contribution is -2.36. The third kappa shape index (κ3) is 5.47. The van der Waals surface area contributed by atoms with Crippen molar-refractivity contribution in [3.05, 3.63) is 100 Å². The number of amides is 2. The second-order valence-corrected chi connectivity index (χ2v) is 8.29. The highest BCUT2D eigenvalue weighted by Crippen LogP contribution is 2.23. The van der Waals surface area contributed by atoms with Crippen LogP contribution in [0.2, 0.25) is 0 Å². The molecule has 0 spiro atoms. The van der Waals surface area contributed by atoms with Gasteiger partial charge in [0.1, 0.15) is 5.82 Å². The summed E-state index contributed by atoms with van der Waals surface area (Å²) in [4.78, 5) is 27.3. The van der Waals surface area contributed by atoms with Crippen LogP contribution in [0.3, 0.4) is 0 Å². The quantitative estimate of drug-likeness (QED) is 0.422. The van der Waals surface area contributed by atoms with Gasteiger partial charge in [0, 0.05) is 24.2 Å². The number of piperidine rings is 1. The van der Waals surface area contributed by atoms with Crippen LogP contribution in [0.25, 0.3) is 6.08 Å². The number of nitrogens with two attached hydrogens (primary N) is 1. The molecule has 1 aliphatic rings. The van der Waals surface area contributed by atoms with E-state index in [-0.39, 0.29) is 17.5 Å². The van der Waals surface area contributed by atoms with E-state index >= 15 is 0 Å². The molecule has 1 aliphatic heterocycles. The molecule has 0 aliphatic carbocycles. The van der Waals surface area contributed by atoms with Gasteiger partial charge in [-0.05, 0) is 67.3 Å². The summed E-state index contributed by atoms with van der Waals surface area (Å²) in [5, 5.41) is 2.69. The summed E-state index contributed by atoms with van der Waals surface area (Å²) < 4.78 is 13.2. The first-order valence-corrected chi connectivity index (χ1v) is 10.9. The number of likely N-dealkylation sites (tertiary alicyclic amines) is 1. The van der Waals surface area contributed by atoms with E-state index in [1.54, 1.807) is 12.1 Å². The van der Waals surface area contributed by atoms with Crippen molar-refractivity contribution in [1.82, 2.24) is 4.90 Å². The Balaban J connectivity index is 1.41. The first-order chi connectivity index (χ1) is 15.9. The average molecular weight is 444 g/mol. The Kier molecular flexibility index (Phi) is 6.54. The van der Waals surface area contributed by atoms with Crippen molar-refractivity contribution < 1.29 is 14.0 Å². The lowest BCUT2D eigenvalue weighted by molar-refractivity contribution is -0.129. The highest BCUT2D eigenvalue weighted by Gasteiger charge is 2.23. The minimum atomic E-state index is -0.459. The molecule has 168 valence electrons. The van der Waals surface area contributed by atoms with Gasteiger partial charge in [0.05, 0.1) is 11.4 Å². The minimum absolute atomic E-state index is 0.0513. The van der Waals surface area contributed by atoms with Gasteiger partial charge < -0.3 is 16.0 Å². The molecule has 0 bridgehead atoms. The van der Waals surface area contributed by atoms with Crippen molar-refractivity contribution in [2.45, 2.75) is 26.3 Å². The molecule has 0 saturated carbocycles. The fraction of sp³-hybridized carbons (Fsp3) is 0.185. The van der Waals surface area contributed by atoms with Gasteiger partial charge in [-0.3, -0.25) is 9.59 Å². The van der Waals surface area contributed by atoms with Crippen LogP contribution in [-0.2, 0) is 11.3 Å². The van der Waals surface area contributed by atoms with Crippen molar-refractivity contribution in [2.75, 3.05) is 17.6 Å². The number of benzene rings is 3. The Bertz CT molecular complexity index is 1200. The van der Waals surface area contributed by atoms with Crippen LogP contribution in [0.1, 0.15) is 39.9 Å². The Labute approximate surface area is 192 Å². The van der Waals surface area contributed by atoms with E-state index in [9.17, 15) is 14.0 Å². The molecule has 6 heteroatoms. The fourth-order valence-corrected chi connectivity index (χ4v) is 3.84. The molecule has 5 nitrogen and oxygen atoms in total. The fourth-order valence-electron chi connectivity index (χ4n) is 3.84. The number of carbonyl (C=O) groups is 2. The van der Waals surface area contributed by atoms with Gasteiger partial charge in [0.25, 0.3) is 5.91 Å². The molecule has 4 rings (SSSR count). The van der Waals surface area contributed by atoms with Gasteiger partial charge >= 0.3 is 0 Å². The third-order valence-corrected chi connectivity index (χ3v) is 5.71. The number of hydrogen-bond donors (Lipinski definition) is 2. The van der Waals surface area contributed by atoms with Crippen LogP contribution >= 0.6 is 0 Å². The summed E-state index contributed by atoms with van der Waals surface area (Å²) in [6.07, 6.45) is 3.67. The monoisotopic (exact) mass is 443 g/mol. The number of nitrogen functional groups attached to an aromatic ring is 1. The number of nitrogens with zero attached hydrogens (tertiary/aromatic N) is 1. The van der Waals surface area contributed by atoms with E-state index in [4.69, 9.17) is 5.73 Å². The number of halogens is 1. The summed E-state index contributed by atoms with van der Waals surface area (Å²) >= 11 is 0. The number of hydrogen-bond acceptors (Lipinski definition) is 3. The number of anilines is 2. The molecule has 2 amide bonds. The van der Waals surface area contributed by atoms with Crippen LogP contribution in [0, 0.1) is 12.7 Å². The van der Waals surface area contributed by atoms with Crippen LogP contribution in [0.4, 0.5) is 15.8 Å². The van der Waals surface area contributed by atoms with Crippen LogP contribution in [0.5, 0.6) is 0 Å². The summed E-state index contributed by atoms with van der Waals surface area (Å²) in [6, 6.07) is 19.1. The number of nitrogens with one attached hydrogen (secondary N) is 1. The first kappa shape index (κ1) is 22.3. The van der Waals surface area contributed by atoms with E-state index in [1.165, 1.54) is 17.7 Å². The summed E-state index contributed by atoms with van der Waals surface area (Å²) in [5.74, 6) is -0.744. The molecular weight excluding hydrogens is 417 g/mol. The van der Waals surface area contributed by atoms with E-state index in [0.717, 1.165) is 35.6 Å². The molecule has 0 aromatic heterocycles. The van der Waals surface area contributed by atoms with Crippen LogP contribution < -0.4 is 11.1 Å². The zero-order chi connectivity index (χ0) is 23.4. The third-order valence-electron chi connectivity index (χ3n) is 5.71. The summed E-state index contributed by atoms with van der Waals surface area (Å²) in [7, 11) is 0. The molecular formula is C27H26FN3O2. The van der Waals surface area contributed by atoms with E-state index in [0.29, 0.717) is 24.3 Å². The summed E-state index contributed by atoms with van der Waals surface area (Å²) in [6.45, 7) is 3.23. The lowest BCUT2D eigenvalue weighted by Gasteiger charge is -2.28. The Hall–Kier alpha value is -3.93. The smallest absolute Gasteiger partial charge is 0.255 e. The standard InChI is InChI=1S/C27H26FN3O2/c1-18-4-6-19(7-5-18)15-22-3-2-14-31(27(22)33)17-20-8-10-21(11-9-20)26(32)30-25-13-12-23(28)16-24(25)29/h4-13,15-16H,2-3,14,17,29H2,1H3,(H,30,32)/b22-15+.